The van der Waals surface area contributed by atoms with E-state index in [2.05, 4.69) is 15.5 Å². The van der Waals surface area contributed by atoms with Gasteiger partial charge in [0.05, 0.1) is 13.2 Å². The fourth-order valence-electron chi connectivity index (χ4n) is 2.90. The molecule has 0 aromatic heterocycles. The third-order valence-electron chi connectivity index (χ3n) is 4.79. The van der Waals surface area contributed by atoms with Gasteiger partial charge < -0.3 is 20.3 Å². The number of hydrogen-bond donors (Lipinski definition) is 2. The van der Waals surface area contributed by atoms with Gasteiger partial charge in [0.2, 0.25) is 5.91 Å². The Bertz CT molecular complexity index is 607. The molecule has 136 valence electrons. The Balaban J connectivity index is 1.45. The zero-order valence-corrected chi connectivity index (χ0v) is 14.8. The van der Waals surface area contributed by atoms with Crippen LogP contribution in [0.1, 0.15) is 19.8 Å². The Morgan fingerprint density at radius 2 is 1.76 bits per heavy atom. The van der Waals surface area contributed by atoms with Gasteiger partial charge in [0.1, 0.15) is 5.75 Å². The van der Waals surface area contributed by atoms with Crippen LogP contribution in [0.5, 0.6) is 5.75 Å². The molecule has 1 aliphatic carbocycles. The van der Waals surface area contributed by atoms with Crippen molar-refractivity contribution >= 4 is 17.6 Å². The van der Waals surface area contributed by atoms with Crippen molar-refractivity contribution in [1.29, 1.82) is 0 Å². The van der Waals surface area contributed by atoms with E-state index in [0.29, 0.717) is 32.2 Å². The van der Waals surface area contributed by atoms with E-state index in [9.17, 15) is 9.59 Å². The van der Waals surface area contributed by atoms with Crippen LogP contribution in [0.25, 0.3) is 0 Å². The van der Waals surface area contributed by atoms with E-state index >= 15 is 0 Å². The number of ether oxygens (including phenoxy) is 1. The minimum atomic E-state index is -0.146. The highest BCUT2D eigenvalue weighted by Crippen LogP contribution is 2.19. The van der Waals surface area contributed by atoms with Gasteiger partial charge >= 0.3 is 6.03 Å². The summed E-state index contributed by atoms with van der Waals surface area (Å²) in [6.45, 7) is 4.57. The van der Waals surface area contributed by atoms with Gasteiger partial charge in [-0.15, -0.1) is 0 Å². The van der Waals surface area contributed by atoms with E-state index in [1.54, 1.807) is 12.0 Å². The van der Waals surface area contributed by atoms with Crippen molar-refractivity contribution in [2.45, 2.75) is 31.8 Å². The number of urea groups is 1. The summed E-state index contributed by atoms with van der Waals surface area (Å²) in [4.78, 5) is 28.4. The number of carbonyl (C=O) groups is 2. The molecule has 7 heteroatoms. The fraction of sp³-hybridized carbons (Fsp3) is 0.556. The second-order valence-electron chi connectivity index (χ2n) is 6.64. The number of benzene rings is 1. The minimum Gasteiger partial charge on any atom is -0.497 e. The van der Waals surface area contributed by atoms with E-state index in [1.165, 1.54) is 0 Å². The van der Waals surface area contributed by atoms with E-state index in [0.717, 1.165) is 24.3 Å². The molecule has 7 nitrogen and oxygen atoms in total. The zero-order valence-electron chi connectivity index (χ0n) is 14.8. The van der Waals surface area contributed by atoms with E-state index in [1.807, 2.05) is 31.2 Å². The van der Waals surface area contributed by atoms with Crippen LogP contribution in [0, 0.1) is 0 Å². The van der Waals surface area contributed by atoms with Crippen molar-refractivity contribution in [2.24, 2.45) is 0 Å². The lowest BCUT2D eigenvalue weighted by atomic mass is 10.2. The van der Waals surface area contributed by atoms with Crippen molar-refractivity contribution in [3.63, 3.8) is 0 Å². The van der Waals surface area contributed by atoms with Gasteiger partial charge in [-0.2, -0.15) is 0 Å². The van der Waals surface area contributed by atoms with Crippen LogP contribution in [0.2, 0.25) is 0 Å². The highest BCUT2D eigenvalue weighted by atomic mass is 16.5. The lowest BCUT2D eigenvalue weighted by molar-refractivity contribution is -0.126. The predicted molar refractivity (Wildman–Crippen MR) is 95.8 cm³/mol. The van der Waals surface area contributed by atoms with Crippen LogP contribution in [-0.2, 0) is 4.79 Å². The van der Waals surface area contributed by atoms with Gasteiger partial charge in [0, 0.05) is 37.9 Å². The molecule has 25 heavy (non-hydrogen) atoms. The van der Waals surface area contributed by atoms with Crippen LogP contribution in [0.4, 0.5) is 10.5 Å². The number of hydrogen-bond acceptors (Lipinski definition) is 4. The summed E-state index contributed by atoms with van der Waals surface area (Å²) in [6.07, 6.45) is 2.19. The molecule has 2 N–H and O–H groups in total. The molecule has 1 saturated carbocycles. The number of piperazine rings is 1. The van der Waals surface area contributed by atoms with Crippen LogP contribution in [-0.4, -0.2) is 67.1 Å². The standard InChI is InChI=1S/C18H26N4O3/c1-13(17(23)19-14-3-4-14)21-9-11-22(12-10-21)18(24)20-15-5-7-16(25-2)8-6-15/h5-8,13-14H,3-4,9-12H2,1-2H3,(H,19,23)(H,20,24). The largest absolute Gasteiger partial charge is 0.497 e. The molecule has 3 rings (SSSR count). The van der Waals surface area contributed by atoms with Gasteiger partial charge in [-0.1, -0.05) is 0 Å². The van der Waals surface area contributed by atoms with E-state index < -0.39 is 0 Å². The fourth-order valence-corrected chi connectivity index (χ4v) is 2.90. The molecule has 1 unspecified atom stereocenters. The molecule has 0 radical (unpaired) electrons. The van der Waals surface area contributed by atoms with Crippen LogP contribution >= 0.6 is 0 Å². The van der Waals surface area contributed by atoms with Gasteiger partial charge in [0.15, 0.2) is 0 Å². The van der Waals surface area contributed by atoms with Crippen LogP contribution in [0.15, 0.2) is 24.3 Å². The summed E-state index contributed by atoms with van der Waals surface area (Å²) in [5, 5.41) is 5.94. The van der Waals surface area contributed by atoms with Crippen molar-refractivity contribution < 1.29 is 14.3 Å². The maximum absolute atomic E-state index is 12.4. The highest BCUT2D eigenvalue weighted by Gasteiger charge is 2.30. The Kier molecular flexibility index (Phi) is 5.43. The lowest BCUT2D eigenvalue weighted by Crippen LogP contribution is -2.55. The van der Waals surface area contributed by atoms with Crippen LogP contribution < -0.4 is 15.4 Å². The first-order valence-corrected chi connectivity index (χ1v) is 8.81. The van der Waals surface area contributed by atoms with Crippen LogP contribution in [0.3, 0.4) is 0 Å². The summed E-state index contributed by atoms with van der Waals surface area (Å²) < 4.78 is 5.11. The summed E-state index contributed by atoms with van der Waals surface area (Å²) >= 11 is 0. The SMILES string of the molecule is COc1ccc(NC(=O)N2CCN(C(C)C(=O)NC3CC3)CC2)cc1. The summed E-state index contributed by atoms with van der Waals surface area (Å²) in [5.41, 5.74) is 0.741. The van der Waals surface area contributed by atoms with Gasteiger partial charge in [0.25, 0.3) is 0 Å². The Morgan fingerprint density at radius 1 is 1.12 bits per heavy atom. The van der Waals surface area contributed by atoms with Gasteiger partial charge in [-0.05, 0) is 44.0 Å². The monoisotopic (exact) mass is 346 g/mol. The lowest BCUT2D eigenvalue weighted by Gasteiger charge is -2.37. The number of carbonyl (C=O) groups excluding carboxylic acids is 2. The van der Waals surface area contributed by atoms with Crippen molar-refractivity contribution in [2.75, 3.05) is 38.6 Å². The quantitative estimate of drug-likeness (QED) is 0.848. The van der Waals surface area contributed by atoms with Crippen molar-refractivity contribution in [1.82, 2.24) is 15.1 Å². The maximum Gasteiger partial charge on any atom is 0.321 e. The number of anilines is 1. The average Bonchev–Trinajstić information content (AvgIpc) is 3.45. The Morgan fingerprint density at radius 3 is 2.32 bits per heavy atom. The summed E-state index contributed by atoms with van der Waals surface area (Å²) in [5.74, 6) is 0.851. The molecule has 1 aromatic rings. The first-order valence-electron chi connectivity index (χ1n) is 8.81. The normalized spacial score (nSPS) is 19.2. The number of rotatable bonds is 5. The second-order valence-corrected chi connectivity index (χ2v) is 6.64. The highest BCUT2D eigenvalue weighted by molar-refractivity contribution is 5.89. The molecule has 1 aromatic carbocycles. The van der Waals surface area contributed by atoms with Gasteiger partial charge in [-0.3, -0.25) is 9.69 Å². The molecule has 1 saturated heterocycles. The van der Waals surface area contributed by atoms with Crippen molar-refractivity contribution in [3.8, 4) is 5.75 Å². The first kappa shape index (κ1) is 17.5. The van der Waals surface area contributed by atoms with Crippen molar-refractivity contribution in [3.05, 3.63) is 24.3 Å². The second kappa shape index (κ2) is 7.74. The average molecular weight is 346 g/mol. The molecule has 1 aliphatic heterocycles. The number of methoxy groups -OCH3 is 1. The first-order chi connectivity index (χ1) is 12.1. The molecule has 2 aliphatic rings. The predicted octanol–water partition coefficient (Wildman–Crippen LogP) is 1.51. The number of amides is 3. The maximum atomic E-state index is 12.4. The molecular weight excluding hydrogens is 320 g/mol. The molecule has 2 fully saturated rings. The summed E-state index contributed by atoms with van der Waals surface area (Å²) in [7, 11) is 1.61. The summed E-state index contributed by atoms with van der Waals surface area (Å²) in [6, 6.07) is 7.38. The van der Waals surface area contributed by atoms with Gasteiger partial charge in [-0.25, -0.2) is 4.79 Å². The molecular formula is C18H26N4O3. The molecule has 0 bridgehead atoms. The zero-order chi connectivity index (χ0) is 17.8. The third kappa shape index (κ3) is 4.63. The van der Waals surface area contributed by atoms with E-state index in [4.69, 9.17) is 4.74 Å². The minimum absolute atomic E-state index is 0.0960. The third-order valence-corrected chi connectivity index (χ3v) is 4.79. The number of nitrogens with one attached hydrogen (secondary N) is 2. The molecule has 1 heterocycles. The Hall–Kier alpha value is -2.28. The van der Waals surface area contributed by atoms with E-state index in [-0.39, 0.29) is 18.0 Å². The number of nitrogens with zero attached hydrogens (tertiary/aromatic N) is 2. The molecule has 1 atom stereocenters. The smallest absolute Gasteiger partial charge is 0.321 e. The Labute approximate surface area is 148 Å². The molecule has 3 amide bonds. The topological polar surface area (TPSA) is 73.9 Å². The molecule has 0 spiro atoms.